The third kappa shape index (κ3) is 4.45. The van der Waals surface area contributed by atoms with Crippen LogP contribution in [0.3, 0.4) is 0 Å². The number of pyridine rings is 1. The van der Waals surface area contributed by atoms with Crippen molar-refractivity contribution in [2.24, 2.45) is 7.05 Å². The van der Waals surface area contributed by atoms with Gasteiger partial charge in [-0.3, -0.25) is 4.79 Å². The number of hydrogen-bond donors (Lipinski definition) is 1. The molecule has 2 aromatic heterocycles. The maximum atomic E-state index is 12.2. The smallest absolute Gasteiger partial charge is 0.251 e. The lowest BCUT2D eigenvalue weighted by atomic mass is 10.2. The van der Waals surface area contributed by atoms with E-state index in [1.54, 1.807) is 24.7 Å². The number of amides is 1. The average Bonchev–Trinajstić information content (AvgIpc) is 3.24. The predicted molar refractivity (Wildman–Crippen MR) is 88.1 cm³/mol. The van der Waals surface area contributed by atoms with Gasteiger partial charge in [0.2, 0.25) is 5.88 Å². The van der Waals surface area contributed by atoms with E-state index in [2.05, 4.69) is 20.5 Å². The molecule has 0 bridgehead atoms. The second-order valence-electron chi connectivity index (χ2n) is 5.31. The number of carbonyl (C=O) groups is 1. The Balaban J connectivity index is 1.46. The lowest BCUT2D eigenvalue weighted by Gasteiger charge is -2.11. The molecule has 3 rings (SSSR count). The van der Waals surface area contributed by atoms with Crippen molar-refractivity contribution in [3.63, 3.8) is 0 Å². The topological polar surface area (TPSA) is 91.2 Å². The van der Waals surface area contributed by atoms with Gasteiger partial charge in [-0.25, -0.2) is 4.98 Å². The van der Waals surface area contributed by atoms with Crippen LogP contribution < -0.4 is 10.1 Å². The first kappa shape index (κ1) is 16.7. The molecule has 1 fully saturated rings. The van der Waals surface area contributed by atoms with Crippen molar-refractivity contribution in [3.05, 3.63) is 30.2 Å². The fraction of sp³-hybridized carbons (Fsp3) is 0.467. The van der Waals surface area contributed by atoms with Gasteiger partial charge in [0.25, 0.3) is 5.91 Å². The molecule has 128 valence electrons. The van der Waals surface area contributed by atoms with E-state index >= 15 is 0 Å². The summed E-state index contributed by atoms with van der Waals surface area (Å²) >= 11 is 1.54. The monoisotopic (exact) mass is 349 g/mol. The van der Waals surface area contributed by atoms with Crippen molar-refractivity contribution in [3.8, 4) is 5.88 Å². The first-order valence-electron chi connectivity index (χ1n) is 7.68. The molecule has 0 radical (unpaired) electrons. The van der Waals surface area contributed by atoms with Crippen LogP contribution in [0.5, 0.6) is 5.88 Å². The van der Waals surface area contributed by atoms with Crippen LogP contribution in [0.2, 0.25) is 0 Å². The van der Waals surface area contributed by atoms with Crippen molar-refractivity contribution in [2.75, 3.05) is 25.5 Å². The molecule has 0 spiro atoms. The molecule has 9 heteroatoms. The standard InChI is InChI=1S/C15H19N5O3S/c1-20-10-18-19-15(20)24-7-5-17-14(21)11-2-4-16-13(8-11)23-12-3-6-22-9-12/h2,4,8,10,12H,3,5-7,9H2,1H3,(H,17,21). The molecule has 0 saturated carbocycles. The van der Waals surface area contributed by atoms with E-state index in [9.17, 15) is 4.79 Å². The number of ether oxygens (including phenoxy) is 2. The molecule has 3 heterocycles. The molecule has 2 aromatic rings. The van der Waals surface area contributed by atoms with Crippen molar-refractivity contribution in [1.29, 1.82) is 0 Å². The van der Waals surface area contributed by atoms with Crippen LogP contribution in [0.4, 0.5) is 0 Å². The summed E-state index contributed by atoms with van der Waals surface area (Å²) in [6, 6.07) is 3.33. The van der Waals surface area contributed by atoms with Gasteiger partial charge in [-0.15, -0.1) is 10.2 Å². The number of aromatic nitrogens is 4. The second-order valence-corrected chi connectivity index (χ2v) is 6.38. The summed E-state index contributed by atoms with van der Waals surface area (Å²) in [5.74, 6) is 1.02. The van der Waals surface area contributed by atoms with Gasteiger partial charge in [-0.1, -0.05) is 11.8 Å². The van der Waals surface area contributed by atoms with Crippen LogP contribution in [-0.2, 0) is 11.8 Å². The molecule has 1 unspecified atom stereocenters. The first-order chi connectivity index (χ1) is 11.7. The lowest BCUT2D eigenvalue weighted by Crippen LogP contribution is -2.26. The normalized spacial score (nSPS) is 17.0. The molecule has 1 saturated heterocycles. The highest BCUT2D eigenvalue weighted by Gasteiger charge is 2.18. The Hall–Kier alpha value is -2.13. The van der Waals surface area contributed by atoms with E-state index in [0.29, 0.717) is 37.0 Å². The van der Waals surface area contributed by atoms with E-state index < -0.39 is 0 Å². The molecular formula is C15H19N5O3S. The van der Waals surface area contributed by atoms with Crippen LogP contribution >= 0.6 is 11.8 Å². The van der Waals surface area contributed by atoms with Crippen LogP contribution in [0.1, 0.15) is 16.8 Å². The Labute approximate surface area is 144 Å². The summed E-state index contributed by atoms with van der Waals surface area (Å²) in [7, 11) is 1.88. The molecule has 8 nitrogen and oxygen atoms in total. The Morgan fingerprint density at radius 3 is 3.25 bits per heavy atom. The highest BCUT2D eigenvalue weighted by atomic mass is 32.2. The first-order valence-corrected chi connectivity index (χ1v) is 8.66. The van der Waals surface area contributed by atoms with Crippen LogP contribution in [0.15, 0.2) is 29.8 Å². The van der Waals surface area contributed by atoms with Crippen molar-refractivity contribution >= 4 is 17.7 Å². The van der Waals surface area contributed by atoms with Gasteiger partial charge < -0.3 is 19.4 Å². The molecule has 1 N–H and O–H groups in total. The number of nitrogens with one attached hydrogen (secondary N) is 1. The maximum Gasteiger partial charge on any atom is 0.251 e. The van der Waals surface area contributed by atoms with Gasteiger partial charge >= 0.3 is 0 Å². The van der Waals surface area contributed by atoms with Crippen LogP contribution in [-0.4, -0.2) is 57.3 Å². The van der Waals surface area contributed by atoms with Crippen molar-refractivity contribution < 1.29 is 14.3 Å². The molecule has 1 atom stereocenters. The number of thioether (sulfide) groups is 1. The molecule has 0 aliphatic carbocycles. The maximum absolute atomic E-state index is 12.2. The van der Waals surface area contributed by atoms with Crippen LogP contribution in [0, 0.1) is 0 Å². The SMILES string of the molecule is Cn1cnnc1SCCNC(=O)c1ccnc(OC2CCOC2)c1. The Bertz CT molecular complexity index is 687. The zero-order valence-corrected chi connectivity index (χ0v) is 14.2. The molecular weight excluding hydrogens is 330 g/mol. The van der Waals surface area contributed by atoms with Crippen LogP contribution in [0.25, 0.3) is 0 Å². The number of nitrogens with zero attached hydrogens (tertiary/aromatic N) is 4. The van der Waals surface area contributed by atoms with Gasteiger partial charge in [0.1, 0.15) is 12.4 Å². The summed E-state index contributed by atoms with van der Waals surface area (Å²) in [6.07, 6.45) is 4.08. The van der Waals surface area contributed by atoms with E-state index in [-0.39, 0.29) is 12.0 Å². The van der Waals surface area contributed by atoms with Crippen molar-refractivity contribution in [1.82, 2.24) is 25.1 Å². The number of rotatable bonds is 7. The largest absolute Gasteiger partial charge is 0.472 e. The number of carbonyl (C=O) groups excluding carboxylic acids is 1. The second kappa shape index (κ2) is 8.11. The quantitative estimate of drug-likeness (QED) is 0.586. The van der Waals surface area contributed by atoms with Gasteiger partial charge in [-0.2, -0.15) is 0 Å². The third-order valence-corrected chi connectivity index (χ3v) is 4.50. The molecule has 0 aromatic carbocycles. The van der Waals surface area contributed by atoms with E-state index in [0.717, 1.165) is 11.6 Å². The third-order valence-electron chi connectivity index (χ3n) is 3.46. The summed E-state index contributed by atoms with van der Waals surface area (Å²) in [5.41, 5.74) is 0.530. The minimum absolute atomic E-state index is 0.0126. The van der Waals surface area contributed by atoms with Crippen molar-refractivity contribution in [2.45, 2.75) is 17.7 Å². The summed E-state index contributed by atoms with van der Waals surface area (Å²) < 4.78 is 12.8. The number of hydrogen-bond acceptors (Lipinski definition) is 7. The highest BCUT2D eigenvalue weighted by Crippen LogP contribution is 2.16. The fourth-order valence-electron chi connectivity index (χ4n) is 2.20. The lowest BCUT2D eigenvalue weighted by molar-refractivity contribution is 0.0954. The molecule has 24 heavy (non-hydrogen) atoms. The Kier molecular flexibility index (Phi) is 5.65. The summed E-state index contributed by atoms with van der Waals surface area (Å²) in [6.45, 7) is 1.80. The van der Waals surface area contributed by atoms with Gasteiger partial charge in [0.15, 0.2) is 5.16 Å². The fourth-order valence-corrected chi connectivity index (χ4v) is 2.95. The van der Waals surface area contributed by atoms with Gasteiger partial charge in [-0.05, 0) is 6.07 Å². The minimum Gasteiger partial charge on any atom is -0.472 e. The summed E-state index contributed by atoms with van der Waals surface area (Å²) in [5, 5.41) is 11.5. The predicted octanol–water partition coefficient (Wildman–Crippen LogP) is 0.900. The van der Waals surface area contributed by atoms with E-state index in [1.165, 1.54) is 11.8 Å². The highest BCUT2D eigenvalue weighted by molar-refractivity contribution is 7.99. The molecule has 1 aliphatic heterocycles. The minimum atomic E-state index is -0.150. The summed E-state index contributed by atoms with van der Waals surface area (Å²) in [4.78, 5) is 16.3. The van der Waals surface area contributed by atoms with E-state index in [1.807, 2.05) is 11.6 Å². The van der Waals surface area contributed by atoms with Gasteiger partial charge in [0.05, 0.1) is 13.2 Å². The average molecular weight is 349 g/mol. The zero-order chi connectivity index (χ0) is 16.8. The van der Waals surface area contributed by atoms with E-state index in [4.69, 9.17) is 9.47 Å². The molecule has 1 amide bonds. The van der Waals surface area contributed by atoms with Gasteiger partial charge in [0, 0.05) is 43.6 Å². The Morgan fingerprint density at radius 2 is 2.50 bits per heavy atom. The zero-order valence-electron chi connectivity index (χ0n) is 13.3. The number of aryl methyl sites for hydroxylation is 1. The molecule has 1 aliphatic rings. The Morgan fingerprint density at radius 1 is 1.58 bits per heavy atom.